The van der Waals surface area contributed by atoms with E-state index in [2.05, 4.69) is 5.32 Å². The number of alkyl halides is 3. The predicted octanol–water partition coefficient (Wildman–Crippen LogP) is 2.81. The second-order valence-electron chi connectivity index (χ2n) is 5.50. The molecule has 0 aliphatic rings. The van der Waals surface area contributed by atoms with Crippen molar-refractivity contribution in [1.82, 2.24) is 5.32 Å². The van der Waals surface area contributed by atoms with Crippen LogP contribution in [-0.4, -0.2) is 36.1 Å². The average Bonchev–Trinajstić information content (AvgIpc) is 2.64. The van der Waals surface area contributed by atoms with Gasteiger partial charge in [-0.25, -0.2) is 4.79 Å². The van der Waals surface area contributed by atoms with Crippen LogP contribution in [0.1, 0.15) is 15.9 Å². The molecular weight excluding hydrogens is 381 g/mol. The summed E-state index contributed by atoms with van der Waals surface area (Å²) < 4.78 is 43.3. The van der Waals surface area contributed by atoms with Crippen LogP contribution in [0.3, 0.4) is 0 Å². The van der Waals surface area contributed by atoms with Crippen LogP contribution < -0.4 is 10.6 Å². The molecule has 2 aromatic carbocycles. The van der Waals surface area contributed by atoms with Crippen LogP contribution in [0.15, 0.2) is 48.5 Å². The fourth-order valence-corrected chi connectivity index (χ4v) is 2.13. The largest absolute Gasteiger partial charge is 0.480 e. The molecule has 0 bridgehead atoms. The first kappa shape index (κ1) is 20.7. The van der Waals surface area contributed by atoms with E-state index in [1.165, 1.54) is 30.3 Å². The van der Waals surface area contributed by atoms with Crippen molar-refractivity contribution in [1.29, 1.82) is 0 Å². The summed E-state index contributed by atoms with van der Waals surface area (Å²) in [6.45, 7) is -1.33. The summed E-state index contributed by atoms with van der Waals surface area (Å²) in [5.74, 6) is -2.96. The average molecular weight is 396 g/mol. The number of para-hydroxylation sites is 1. The topological polar surface area (TPSA) is 105 Å². The summed E-state index contributed by atoms with van der Waals surface area (Å²) in [5.41, 5.74) is -0.578. The van der Waals surface area contributed by atoms with E-state index in [0.29, 0.717) is 0 Å². The number of amides is 1. The Kier molecular flexibility index (Phi) is 6.59. The molecule has 0 atom stereocenters. The number of hydrogen-bond donors (Lipinski definition) is 3. The Bertz CT molecular complexity index is 884. The Morgan fingerprint density at radius 2 is 1.75 bits per heavy atom. The van der Waals surface area contributed by atoms with Crippen molar-refractivity contribution in [2.75, 3.05) is 18.5 Å². The van der Waals surface area contributed by atoms with E-state index in [4.69, 9.17) is 9.84 Å². The first-order chi connectivity index (χ1) is 13.2. The molecule has 0 spiro atoms. The first-order valence-corrected chi connectivity index (χ1v) is 7.86. The summed E-state index contributed by atoms with van der Waals surface area (Å²) in [5, 5.41) is 13.2. The highest BCUT2D eigenvalue weighted by molar-refractivity contribution is 5.97. The van der Waals surface area contributed by atoms with Gasteiger partial charge in [-0.3, -0.25) is 9.59 Å². The quantitative estimate of drug-likeness (QED) is 0.622. The third kappa shape index (κ3) is 6.01. The molecule has 0 heterocycles. The number of carbonyl (C=O) groups excluding carboxylic acids is 2. The number of halogens is 3. The summed E-state index contributed by atoms with van der Waals surface area (Å²) in [7, 11) is 0. The van der Waals surface area contributed by atoms with E-state index < -0.39 is 42.7 Å². The summed E-state index contributed by atoms with van der Waals surface area (Å²) in [6.07, 6.45) is -4.51. The molecule has 3 N–H and O–H groups in total. The second-order valence-corrected chi connectivity index (χ2v) is 5.50. The molecule has 2 aromatic rings. The van der Waals surface area contributed by atoms with Gasteiger partial charge in [0.1, 0.15) is 6.54 Å². The summed E-state index contributed by atoms with van der Waals surface area (Å²) in [4.78, 5) is 34.0. The lowest BCUT2D eigenvalue weighted by atomic mass is 10.1. The fourth-order valence-electron chi connectivity index (χ4n) is 2.13. The summed E-state index contributed by atoms with van der Waals surface area (Å²) in [6, 6.07) is 10.3. The molecule has 2 rings (SSSR count). The number of hydrogen-bond acceptors (Lipinski definition) is 5. The van der Waals surface area contributed by atoms with Gasteiger partial charge in [-0.15, -0.1) is 0 Å². The molecule has 0 saturated carbocycles. The van der Waals surface area contributed by atoms with Crippen molar-refractivity contribution in [3.05, 3.63) is 59.7 Å². The van der Waals surface area contributed by atoms with Gasteiger partial charge in [0.15, 0.2) is 6.61 Å². The van der Waals surface area contributed by atoms with Gasteiger partial charge in [-0.2, -0.15) is 13.2 Å². The van der Waals surface area contributed by atoms with Crippen LogP contribution in [-0.2, 0) is 20.5 Å². The predicted molar refractivity (Wildman–Crippen MR) is 92.1 cm³/mol. The minimum Gasteiger partial charge on any atom is -0.480 e. The Balaban J connectivity index is 2.09. The van der Waals surface area contributed by atoms with E-state index in [1.807, 2.05) is 5.32 Å². The lowest BCUT2D eigenvalue weighted by Crippen LogP contribution is -2.33. The van der Waals surface area contributed by atoms with E-state index in [0.717, 1.165) is 12.1 Å². The highest BCUT2D eigenvalue weighted by Gasteiger charge is 2.30. The summed E-state index contributed by atoms with van der Waals surface area (Å²) >= 11 is 0. The van der Waals surface area contributed by atoms with Crippen molar-refractivity contribution in [2.24, 2.45) is 0 Å². The molecule has 10 heteroatoms. The number of carboxylic acids is 1. The van der Waals surface area contributed by atoms with Crippen LogP contribution in [0, 0.1) is 0 Å². The molecule has 0 unspecified atom stereocenters. The van der Waals surface area contributed by atoms with Crippen molar-refractivity contribution in [3.8, 4) is 0 Å². The van der Waals surface area contributed by atoms with Crippen molar-refractivity contribution < 1.29 is 37.4 Å². The Morgan fingerprint density at radius 1 is 1.04 bits per heavy atom. The molecule has 0 saturated heterocycles. The molecule has 0 aliphatic heterocycles. The van der Waals surface area contributed by atoms with Crippen molar-refractivity contribution in [3.63, 3.8) is 0 Å². The molecular formula is C18H15F3N2O5. The molecule has 148 valence electrons. The molecule has 0 fully saturated rings. The van der Waals surface area contributed by atoms with Gasteiger partial charge in [-0.1, -0.05) is 18.2 Å². The number of nitrogens with one attached hydrogen (secondary N) is 2. The number of esters is 1. The Hall–Kier alpha value is -3.56. The molecule has 0 radical (unpaired) electrons. The smallest absolute Gasteiger partial charge is 0.416 e. The van der Waals surface area contributed by atoms with Crippen LogP contribution in [0.5, 0.6) is 0 Å². The van der Waals surface area contributed by atoms with E-state index in [-0.39, 0.29) is 16.9 Å². The third-order valence-electron chi connectivity index (χ3n) is 3.39. The number of carboxylic acid groups (broad SMARTS) is 1. The zero-order chi connectivity index (χ0) is 20.7. The van der Waals surface area contributed by atoms with Gasteiger partial charge >= 0.3 is 18.1 Å². The number of aliphatic carboxylic acids is 1. The van der Waals surface area contributed by atoms with Gasteiger partial charge in [0.05, 0.1) is 16.8 Å². The number of rotatable bonds is 7. The maximum Gasteiger partial charge on any atom is 0.416 e. The first-order valence-electron chi connectivity index (χ1n) is 7.86. The van der Waals surface area contributed by atoms with Gasteiger partial charge in [0.25, 0.3) is 5.91 Å². The van der Waals surface area contributed by atoms with Gasteiger partial charge in [0.2, 0.25) is 0 Å². The number of ether oxygens (including phenoxy) is 1. The molecule has 7 nitrogen and oxygen atoms in total. The van der Waals surface area contributed by atoms with E-state index in [9.17, 15) is 27.6 Å². The Morgan fingerprint density at radius 3 is 2.43 bits per heavy atom. The molecule has 0 aromatic heterocycles. The Labute approximate surface area is 157 Å². The maximum atomic E-state index is 12.8. The zero-order valence-corrected chi connectivity index (χ0v) is 14.2. The normalized spacial score (nSPS) is 10.8. The van der Waals surface area contributed by atoms with Gasteiger partial charge in [-0.05, 0) is 30.3 Å². The monoisotopic (exact) mass is 396 g/mol. The zero-order valence-electron chi connectivity index (χ0n) is 14.2. The fraction of sp³-hybridized carbons (Fsp3) is 0.167. The van der Waals surface area contributed by atoms with Crippen LogP contribution in [0.2, 0.25) is 0 Å². The van der Waals surface area contributed by atoms with Crippen LogP contribution in [0.4, 0.5) is 24.5 Å². The third-order valence-corrected chi connectivity index (χ3v) is 3.39. The highest BCUT2D eigenvalue weighted by Crippen LogP contribution is 2.31. The van der Waals surface area contributed by atoms with Crippen molar-refractivity contribution >= 4 is 29.2 Å². The highest BCUT2D eigenvalue weighted by atomic mass is 19.4. The number of anilines is 2. The van der Waals surface area contributed by atoms with Gasteiger partial charge in [0, 0.05) is 5.69 Å². The van der Waals surface area contributed by atoms with Crippen molar-refractivity contribution in [2.45, 2.75) is 6.18 Å². The van der Waals surface area contributed by atoms with Crippen LogP contribution >= 0.6 is 0 Å². The molecule has 0 aliphatic carbocycles. The minimum atomic E-state index is -4.51. The SMILES string of the molecule is O=C(O)CNC(=O)COC(=O)c1ccccc1Nc1cccc(C(F)(F)F)c1. The minimum absolute atomic E-state index is 0.00838. The molecule has 1 amide bonds. The second kappa shape index (κ2) is 8.89. The van der Waals surface area contributed by atoms with Crippen LogP contribution in [0.25, 0.3) is 0 Å². The molecule has 28 heavy (non-hydrogen) atoms. The van der Waals surface area contributed by atoms with E-state index in [1.54, 1.807) is 6.07 Å². The van der Waals surface area contributed by atoms with Gasteiger partial charge < -0.3 is 20.5 Å². The van der Waals surface area contributed by atoms with E-state index >= 15 is 0 Å². The standard InChI is InChI=1S/C18H15F3N2O5/c19-18(20,21)11-4-3-5-12(8-11)23-14-7-2-1-6-13(14)17(27)28-10-15(24)22-9-16(25)26/h1-8,23H,9-10H2,(H,22,24)(H,25,26). The maximum absolute atomic E-state index is 12.8. The lowest BCUT2D eigenvalue weighted by Gasteiger charge is -2.13. The lowest BCUT2D eigenvalue weighted by molar-refractivity contribution is -0.138. The number of benzene rings is 2. The number of carbonyl (C=O) groups is 3.